The SMILES string of the molecule is COCCOCC(=O)OC(OC(=O)N(C(=O)c1cccc(OC)c1C)N(C(=O)c1cc(C)cc(C)c1)C(C)(C)C)C(=O)O. The third kappa shape index (κ3) is 9.25. The highest BCUT2D eigenvalue weighted by molar-refractivity contribution is 6.07. The molecule has 0 saturated carbocycles. The summed E-state index contributed by atoms with van der Waals surface area (Å²) in [4.78, 5) is 66.0. The molecule has 0 aliphatic heterocycles. The first-order chi connectivity index (χ1) is 20.1. The van der Waals surface area contributed by atoms with Crippen LogP contribution in [0.25, 0.3) is 0 Å². The van der Waals surface area contributed by atoms with E-state index in [1.54, 1.807) is 59.7 Å². The van der Waals surface area contributed by atoms with E-state index >= 15 is 0 Å². The van der Waals surface area contributed by atoms with Gasteiger partial charge in [0.2, 0.25) is 0 Å². The largest absolute Gasteiger partial charge is 0.496 e. The van der Waals surface area contributed by atoms with E-state index < -0.39 is 48.3 Å². The number of nitrogens with zero attached hydrogens (tertiary/aromatic N) is 2. The lowest BCUT2D eigenvalue weighted by atomic mass is 10.0. The first-order valence-corrected chi connectivity index (χ1v) is 13.2. The molecular weight excluding hydrogens is 564 g/mol. The van der Waals surface area contributed by atoms with Crippen molar-refractivity contribution in [3.63, 3.8) is 0 Å². The Hall–Kier alpha value is -4.49. The van der Waals surface area contributed by atoms with Crippen LogP contribution in [0.3, 0.4) is 0 Å². The predicted molar refractivity (Wildman–Crippen MR) is 152 cm³/mol. The Kier molecular flexibility index (Phi) is 12.2. The van der Waals surface area contributed by atoms with Gasteiger partial charge in [-0.2, -0.15) is 0 Å². The number of imide groups is 1. The zero-order chi connectivity index (χ0) is 32.5. The van der Waals surface area contributed by atoms with Crippen molar-refractivity contribution in [2.75, 3.05) is 34.0 Å². The average molecular weight is 603 g/mol. The normalized spacial score (nSPS) is 11.7. The number of benzene rings is 2. The number of methoxy groups -OCH3 is 2. The Balaban J connectivity index is 2.61. The first-order valence-electron chi connectivity index (χ1n) is 13.2. The van der Waals surface area contributed by atoms with Gasteiger partial charge in [-0.3, -0.25) is 9.59 Å². The number of hydrogen-bond acceptors (Lipinski definition) is 10. The fourth-order valence-corrected chi connectivity index (χ4v) is 4.07. The van der Waals surface area contributed by atoms with Crippen LogP contribution in [0, 0.1) is 20.8 Å². The van der Waals surface area contributed by atoms with Crippen molar-refractivity contribution in [1.29, 1.82) is 0 Å². The second kappa shape index (κ2) is 15.1. The van der Waals surface area contributed by atoms with Crippen molar-refractivity contribution >= 4 is 29.8 Å². The van der Waals surface area contributed by atoms with Gasteiger partial charge in [-0.05, 0) is 65.8 Å². The molecule has 2 aromatic carbocycles. The topological polar surface area (TPSA) is 158 Å². The lowest BCUT2D eigenvalue weighted by molar-refractivity contribution is -0.192. The molecular formula is C30H38N2O11. The van der Waals surface area contributed by atoms with Gasteiger partial charge in [0, 0.05) is 23.8 Å². The van der Waals surface area contributed by atoms with Crippen molar-refractivity contribution in [3.05, 3.63) is 64.2 Å². The number of aryl methyl sites for hydroxylation is 2. The van der Waals surface area contributed by atoms with Crippen molar-refractivity contribution in [3.8, 4) is 5.75 Å². The predicted octanol–water partition coefficient (Wildman–Crippen LogP) is 3.67. The number of hydrazine groups is 1. The number of rotatable bonds is 11. The van der Waals surface area contributed by atoms with Gasteiger partial charge in [0.15, 0.2) is 0 Å². The number of amides is 3. The minimum absolute atomic E-state index is 0.0202. The molecule has 2 aromatic rings. The molecule has 0 bridgehead atoms. The summed E-state index contributed by atoms with van der Waals surface area (Å²) < 4.78 is 25.0. The smallest absolute Gasteiger partial charge is 0.440 e. The first kappa shape index (κ1) is 34.7. The summed E-state index contributed by atoms with van der Waals surface area (Å²) in [6.07, 6.45) is -4.05. The zero-order valence-electron chi connectivity index (χ0n) is 25.6. The van der Waals surface area contributed by atoms with E-state index in [1.807, 2.05) is 6.07 Å². The minimum atomic E-state index is -2.47. The highest BCUT2D eigenvalue weighted by Gasteiger charge is 2.43. The van der Waals surface area contributed by atoms with Gasteiger partial charge in [-0.25, -0.2) is 19.4 Å². The van der Waals surface area contributed by atoms with E-state index in [9.17, 15) is 29.1 Å². The lowest BCUT2D eigenvalue weighted by Gasteiger charge is -2.41. The van der Waals surface area contributed by atoms with Gasteiger partial charge >= 0.3 is 24.3 Å². The molecule has 1 unspecified atom stereocenters. The van der Waals surface area contributed by atoms with Crippen LogP contribution >= 0.6 is 0 Å². The number of aliphatic carboxylic acids is 1. The third-order valence-corrected chi connectivity index (χ3v) is 5.90. The van der Waals surface area contributed by atoms with Crippen LogP contribution in [0.5, 0.6) is 5.75 Å². The van der Waals surface area contributed by atoms with Gasteiger partial charge in [0.1, 0.15) is 12.4 Å². The van der Waals surface area contributed by atoms with Crippen molar-refractivity contribution < 1.29 is 52.8 Å². The number of carbonyl (C=O) groups excluding carboxylic acids is 4. The van der Waals surface area contributed by atoms with E-state index in [2.05, 4.69) is 0 Å². The Morgan fingerprint density at radius 3 is 2.05 bits per heavy atom. The summed E-state index contributed by atoms with van der Waals surface area (Å²) in [6.45, 7) is 9.40. The monoisotopic (exact) mass is 602 g/mol. The van der Waals surface area contributed by atoms with E-state index in [4.69, 9.17) is 23.7 Å². The number of ether oxygens (including phenoxy) is 5. The molecule has 0 heterocycles. The second-order valence-corrected chi connectivity index (χ2v) is 10.5. The molecule has 0 spiro atoms. The summed E-state index contributed by atoms with van der Waals surface area (Å²) in [5.74, 6) is -4.44. The molecule has 3 amide bonds. The molecule has 0 radical (unpaired) electrons. The van der Waals surface area contributed by atoms with Gasteiger partial charge in [-0.1, -0.05) is 23.3 Å². The summed E-state index contributed by atoms with van der Waals surface area (Å²) in [7, 11) is 2.83. The Labute approximate surface area is 250 Å². The molecule has 0 aliphatic carbocycles. The van der Waals surface area contributed by atoms with Crippen molar-refractivity contribution in [2.45, 2.75) is 53.4 Å². The Morgan fingerprint density at radius 1 is 0.884 bits per heavy atom. The lowest BCUT2D eigenvalue weighted by Crippen LogP contribution is -2.61. The quantitative estimate of drug-likeness (QED) is 0.173. The fraction of sp³-hybridized carbons (Fsp3) is 0.433. The maximum atomic E-state index is 14.1. The Morgan fingerprint density at radius 2 is 1.51 bits per heavy atom. The molecule has 13 nitrogen and oxygen atoms in total. The van der Waals surface area contributed by atoms with Gasteiger partial charge in [-0.15, -0.1) is 5.01 Å². The van der Waals surface area contributed by atoms with Crippen molar-refractivity contribution in [1.82, 2.24) is 10.0 Å². The molecule has 0 aliphatic rings. The maximum Gasteiger partial charge on any atom is 0.440 e. The summed E-state index contributed by atoms with van der Waals surface area (Å²) in [6, 6.07) is 9.55. The van der Waals surface area contributed by atoms with Gasteiger partial charge in [0.05, 0.1) is 25.9 Å². The van der Waals surface area contributed by atoms with Crippen LogP contribution in [-0.4, -0.2) is 90.8 Å². The van der Waals surface area contributed by atoms with Gasteiger partial charge in [0.25, 0.3) is 11.8 Å². The number of carboxylic acid groups (broad SMARTS) is 1. The van der Waals surface area contributed by atoms with Crippen LogP contribution in [0.2, 0.25) is 0 Å². The molecule has 13 heteroatoms. The fourth-order valence-electron chi connectivity index (χ4n) is 4.07. The van der Waals surface area contributed by atoms with Crippen molar-refractivity contribution in [2.24, 2.45) is 0 Å². The van der Waals surface area contributed by atoms with E-state index in [0.717, 1.165) is 16.1 Å². The zero-order valence-corrected chi connectivity index (χ0v) is 25.6. The molecule has 1 N–H and O–H groups in total. The highest BCUT2D eigenvalue weighted by Crippen LogP contribution is 2.28. The number of hydrogen-bond donors (Lipinski definition) is 1. The standard InChI is InChI=1S/C30H38N2O11/c1-18-14-19(2)16-21(15-18)25(34)32(30(4,5)6)31(26(35)22-10-9-11-23(40-8)20(22)3)29(38)43-28(27(36)37)42-24(33)17-41-13-12-39-7/h9-11,14-16,28H,12-13,17H2,1-8H3,(H,36,37). The summed E-state index contributed by atoms with van der Waals surface area (Å²) in [5.41, 5.74) is 0.749. The summed E-state index contributed by atoms with van der Waals surface area (Å²) in [5, 5.41) is 10.9. The minimum Gasteiger partial charge on any atom is -0.496 e. The molecule has 2 rings (SSSR count). The van der Waals surface area contributed by atoms with E-state index in [0.29, 0.717) is 16.3 Å². The highest BCUT2D eigenvalue weighted by atomic mass is 16.7. The number of esters is 1. The van der Waals surface area contributed by atoms with Crippen LogP contribution in [0.4, 0.5) is 4.79 Å². The van der Waals surface area contributed by atoms with Crippen LogP contribution in [0.1, 0.15) is 58.2 Å². The van der Waals surface area contributed by atoms with E-state index in [-0.39, 0.29) is 24.3 Å². The molecule has 43 heavy (non-hydrogen) atoms. The Bertz CT molecular complexity index is 1330. The maximum absolute atomic E-state index is 14.1. The van der Waals surface area contributed by atoms with Crippen LogP contribution in [-0.2, 0) is 28.5 Å². The third-order valence-electron chi connectivity index (χ3n) is 5.90. The molecule has 0 saturated heterocycles. The summed E-state index contributed by atoms with van der Waals surface area (Å²) >= 11 is 0. The second-order valence-electron chi connectivity index (χ2n) is 10.5. The number of carboxylic acids is 1. The molecule has 0 aromatic heterocycles. The van der Waals surface area contributed by atoms with Crippen LogP contribution < -0.4 is 4.74 Å². The molecule has 1 atom stereocenters. The molecule has 0 fully saturated rings. The molecule has 234 valence electrons. The van der Waals surface area contributed by atoms with E-state index in [1.165, 1.54) is 26.4 Å². The average Bonchev–Trinajstić information content (AvgIpc) is 2.91. The number of carbonyl (C=O) groups is 5. The van der Waals surface area contributed by atoms with Gasteiger partial charge < -0.3 is 28.8 Å². The van der Waals surface area contributed by atoms with Crippen LogP contribution in [0.15, 0.2) is 36.4 Å².